The number of aryl methyl sites for hydroxylation is 1. The quantitative estimate of drug-likeness (QED) is 0.145. The van der Waals surface area contributed by atoms with Gasteiger partial charge in [0.25, 0.3) is 0 Å². The van der Waals surface area contributed by atoms with E-state index in [0.717, 1.165) is 59.0 Å². The minimum Gasteiger partial charge on any atom is -0.494 e. The van der Waals surface area contributed by atoms with Crippen molar-refractivity contribution in [2.75, 3.05) is 13.2 Å². The molecule has 0 fully saturated rings. The summed E-state index contributed by atoms with van der Waals surface area (Å²) in [4.78, 5) is 12.7. The zero-order valence-corrected chi connectivity index (χ0v) is 21.5. The Morgan fingerprint density at radius 2 is 1.47 bits per heavy atom. The molecule has 0 bridgehead atoms. The molecule has 0 radical (unpaired) electrons. The molecule has 5 nitrogen and oxygen atoms in total. The molecule has 0 saturated carbocycles. The number of ether oxygens (including phenoxy) is 2. The van der Waals surface area contributed by atoms with E-state index in [1.54, 1.807) is 0 Å². The number of benzene rings is 4. The van der Waals surface area contributed by atoms with Crippen molar-refractivity contribution in [2.24, 2.45) is 0 Å². The van der Waals surface area contributed by atoms with E-state index in [0.29, 0.717) is 24.3 Å². The normalized spacial score (nSPS) is 10.9. The average molecular weight is 503 g/mol. The van der Waals surface area contributed by atoms with E-state index < -0.39 is 0 Å². The van der Waals surface area contributed by atoms with Gasteiger partial charge in [-0.2, -0.15) is 5.26 Å². The van der Waals surface area contributed by atoms with Gasteiger partial charge in [0.2, 0.25) is 0 Å². The average Bonchev–Trinajstić information content (AvgIpc) is 3.30. The molecule has 0 atom stereocenters. The van der Waals surface area contributed by atoms with Crippen molar-refractivity contribution in [3.05, 3.63) is 102 Å². The molecule has 0 aliphatic rings. The van der Waals surface area contributed by atoms with Crippen molar-refractivity contribution in [2.45, 2.75) is 32.7 Å². The van der Waals surface area contributed by atoms with Crippen molar-refractivity contribution < 1.29 is 14.3 Å². The maximum Gasteiger partial charge on any atom is 0.338 e. The zero-order valence-electron chi connectivity index (χ0n) is 21.5. The summed E-state index contributed by atoms with van der Waals surface area (Å²) in [6.45, 7) is 4.02. The Morgan fingerprint density at radius 3 is 2.21 bits per heavy atom. The van der Waals surface area contributed by atoms with Gasteiger partial charge >= 0.3 is 5.97 Å². The number of hydrogen-bond donors (Lipinski definition) is 0. The number of para-hydroxylation sites is 1. The summed E-state index contributed by atoms with van der Waals surface area (Å²) in [7, 11) is 0. The molecular weight excluding hydrogens is 472 g/mol. The minimum absolute atomic E-state index is 0.279. The number of fused-ring (bicyclic) bond motifs is 3. The molecule has 4 aromatic carbocycles. The summed E-state index contributed by atoms with van der Waals surface area (Å²) in [6.07, 6.45) is 2.60. The molecule has 0 saturated heterocycles. The van der Waals surface area contributed by atoms with Crippen LogP contribution in [0.1, 0.15) is 42.1 Å². The lowest BCUT2D eigenvalue weighted by atomic mass is 10.0. The van der Waals surface area contributed by atoms with E-state index in [-0.39, 0.29) is 5.97 Å². The van der Waals surface area contributed by atoms with Crippen LogP contribution in [0.25, 0.3) is 32.9 Å². The van der Waals surface area contributed by atoms with Gasteiger partial charge in [0, 0.05) is 28.4 Å². The van der Waals surface area contributed by atoms with Crippen LogP contribution in [0, 0.1) is 11.3 Å². The van der Waals surface area contributed by atoms with E-state index in [1.807, 2.05) is 78.9 Å². The Bertz CT molecular complexity index is 1590. The summed E-state index contributed by atoms with van der Waals surface area (Å²) in [6, 6.07) is 31.8. The van der Waals surface area contributed by atoms with Crippen LogP contribution in [0.2, 0.25) is 0 Å². The molecule has 5 heteroatoms. The summed E-state index contributed by atoms with van der Waals surface area (Å²) in [5.74, 6) is 0.549. The van der Waals surface area contributed by atoms with Gasteiger partial charge in [-0.15, -0.1) is 0 Å². The molecule has 5 rings (SSSR count). The van der Waals surface area contributed by atoms with Gasteiger partial charge in [-0.05, 0) is 85.8 Å². The monoisotopic (exact) mass is 502 g/mol. The molecular formula is C33H30N2O3. The van der Waals surface area contributed by atoms with Gasteiger partial charge in [0.1, 0.15) is 5.75 Å². The maximum atomic E-state index is 12.7. The molecule has 0 aliphatic carbocycles. The summed E-state index contributed by atoms with van der Waals surface area (Å²) >= 11 is 0. The van der Waals surface area contributed by atoms with E-state index in [4.69, 9.17) is 14.7 Å². The van der Waals surface area contributed by atoms with Crippen molar-refractivity contribution >= 4 is 27.8 Å². The van der Waals surface area contributed by atoms with Crippen LogP contribution >= 0.6 is 0 Å². The lowest BCUT2D eigenvalue weighted by molar-refractivity contribution is 0.0497. The third kappa shape index (κ3) is 5.40. The van der Waals surface area contributed by atoms with Crippen LogP contribution in [0.5, 0.6) is 5.75 Å². The number of nitriles is 1. The molecule has 1 heterocycles. The molecule has 0 spiro atoms. The van der Waals surface area contributed by atoms with Crippen molar-refractivity contribution in [1.29, 1.82) is 5.26 Å². The predicted octanol–water partition coefficient (Wildman–Crippen LogP) is 7.76. The number of hydrogen-bond acceptors (Lipinski definition) is 4. The Hall–Kier alpha value is -4.56. The highest BCUT2D eigenvalue weighted by atomic mass is 16.5. The predicted molar refractivity (Wildman–Crippen MR) is 151 cm³/mol. The fourth-order valence-electron chi connectivity index (χ4n) is 4.82. The Labute approximate surface area is 222 Å². The molecule has 0 aliphatic heterocycles. The van der Waals surface area contributed by atoms with Crippen LogP contribution in [0.3, 0.4) is 0 Å². The van der Waals surface area contributed by atoms with Crippen LogP contribution in [0.4, 0.5) is 0 Å². The van der Waals surface area contributed by atoms with Crippen LogP contribution in [0.15, 0.2) is 91.0 Å². The second kappa shape index (κ2) is 11.7. The standard InChI is InChI=1S/C33H30N2O3/c1-2-35-31-9-5-4-8-29(31)30-22-27(16-19-32(30)35)33(36)38-21-7-3-6-20-37-28-17-14-26(15-18-28)25-12-10-24(23-34)11-13-25/h4-5,8-19,22H,2-3,6-7,20-21H2,1H3. The SMILES string of the molecule is CCn1c2ccccc2c2cc(C(=O)OCCCCCOc3ccc(-c4ccc(C#N)cc4)cc3)ccc21. The maximum absolute atomic E-state index is 12.7. The minimum atomic E-state index is -0.279. The smallest absolute Gasteiger partial charge is 0.338 e. The first-order valence-electron chi connectivity index (χ1n) is 13.1. The van der Waals surface area contributed by atoms with E-state index in [9.17, 15) is 4.79 Å². The first-order chi connectivity index (χ1) is 18.7. The van der Waals surface area contributed by atoms with Crippen LogP contribution < -0.4 is 4.74 Å². The third-order valence-electron chi connectivity index (χ3n) is 6.82. The Kier molecular flexibility index (Phi) is 7.70. The lowest BCUT2D eigenvalue weighted by Crippen LogP contribution is -2.07. The first-order valence-corrected chi connectivity index (χ1v) is 13.1. The highest BCUT2D eigenvalue weighted by molar-refractivity contribution is 6.10. The fourth-order valence-corrected chi connectivity index (χ4v) is 4.82. The summed E-state index contributed by atoms with van der Waals surface area (Å²) in [5.41, 5.74) is 5.71. The number of carbonyl (C=O) groups is 1. The molecule has 0 N–H and O–H groups in total. The number of nitrogens with zero attached hydrogens (tertiary/aromatic N) is 2. The van der Waals surface area contributed by atoms with Gasteiger partial charge in [-0.3, -0.25) is 0 Å². The molecule has 190 valence electrons. The summed E-state index contributed by atoms with van der Waals surface area (Å²) in [5, 5.41) is 11.2. The van der Waals surface area contributed by atoms with E-state index >= 15 is 0 Å². The highest BCUT2D eigenvalue weighted by Crippen LogP contribution is 2.30. The van der Waals surface area contributed by atoms with E-state index in [2.05, 4.69) is 29.7 Å². The van der Waals surface area contributed by atoms with Gasteiger partial charge in [-0.1, -0.05) is 42.5 Å². The van der Waals surface area contributed by atoms with Crippen molar-refractivity contribution in [3.8, 4) is 22.9 Å². The highest BCUT2D eigenvalue weighted by Gasteiger charge is 2.13. The van der Waals surface area contributed by atoms with Crippen molar-refractivity contribution in [3.63, 3.8) is 0 Å². The molecule has 0 unspecified atom stereocenters. The van der Waals surface area contributed by atoms with Gasteiger partial charge < -0.3 is 14.0 Å². The van der Waals surface area contributed by atoms with Gasteiger partial charge in [0.15, 0.2) is 0 Å². The third-order valence-corrected chi connectivity index (χ3v) is 6.82. The second-order valence-electron chi connectivity index (χ2n) is 9.25. The summed E-state index contributed by atoms with van der Waals surface area (Å²) < 4.78 is 13.7. The topological polar surface area (TPSA) is 64.2 Å². The molecule has 0 amide bonds. The van der Waals surface area contributed by atoms with Gasteiger partial charge in [-0.25, -0.2) is 4.79 Å². The number of esters is 1. The zero-order chi connectivity index (χ0) is 26.3. The fraction of sp³-hybridized carbons (Fsp3) is 0.212. The van der Waals surface area contributed by atoms with E-state index in [1.165, 1.54) is 5.52 Å². The second-order valence-corrected chi connectivity index (χ2v) is 9.25. The van der Waals surface area contributed by atoms with Crippen molar-refractivity contribution in [1.82, 2.24) is 4.57 Å². The number of aromatic nitrogens is 1. The number of unbranched alkanes of at least 4 members (excludes halogenated alkanes) is 2. The van der Waals surface area contributed by atoms with Crippen LogP contribution in [-0.4, -0.2) is 23.8 Å². The molecule has 5 aromatic rings. The lowest BCUT2D eigenvalue weighted by Gasteiger charge is -2.08. The Morgan fingerprint density at radius 1 is 0.789 bits per heavy atom. The van der Waals surface area contributed by atoms with Crippen LogP contribution in [-0.2, 0) is 11.3 Å². The van der Waals surface area contributed by atoms with Gasteiger partial charge in [0.05, 0.1) is 30.4 Å². The largest absolute Gasteiger partial charge is 0.494 e. The molecule has 1 aromatic heterocycles. The number of carbonyl (C=O) groups excluding carboxylic acids is 1. The Balaban J connectivity index is 1.06. The first kappa shape index (κ1) is 25.1. The molecule has 38 heavy (non-hydrogen) atoms. The number of rotatable bonds is 10.